The molecule has 17 heavy (non-hydrogen) atoms. The van der Waals surface area contributed by atoms with Crippen LogP contribution in [0.4, 0.5) is 0 Å². The summed E-state index contributed by atoms with van der Waals surface area (Å²) in [5.74, 6) is 0. The number of rotatable bonds is 2. The van der Waals surface area contributed by atoms with Crippen molar-refractivity contribution in [1.82, 2.24) is 4.31 Å². The van der Waals surface area contributed by atoms with Crippen molar-refractivity contribution in [3.8, 4) is 0 Å². The standard InChI is InChI=1S/C10H13NO3S.C2H6/c12-15(13,10-4-2-1-3-5-10)11-6-8-14-9-7-11;1-2/h1-5H,6-9H2;1-2H3. The highest BCUT2D eigenvalue weighted by Gasteiger charge is 2.25. The molecule has 1 aromatic carbocycles. The van der Waals surface area contributed by atoms with Crippen LogP contribution in [0.5, 0.6) is 0 Å². The maximum Gasteiger partial charge on any atom is 0.243 e. The van der Waals surface area contributed by atoms with Gasteiger partial charge in [-0.25, -0.2) is 8.42 Å². The van der Waals surface area contributed by atoms with E-state index in [-0.39, 0.29) is 0 Å². The number of hydrogen-bond acceptors (Lipinski definition) is 3. The van der Waals surface area contributed by atoms with Gasteiger partial charge in [0.1, 0.15) is 0 Å². The van der Waals surface area contributed by atoms with Gasteiger partial charge in [-0.2, -0.15) is 4.31 Å². The molecular weight excluding hydrogens is 238 g/mol. The van der Waals surface area contributed by atoms with E-state index in [4.69, 9.17) is 4.74 Å². The lowest BCUT2D eigenvalue weighted by molar-refractivity contribution is 0.0730. The highest BCUT2D eigenvalue weighted by Crippen LogP contribution is 2.15. The predicted octanol–water partition coefficient (Wildman–Crippen LogP) is 1.73. The van der Waals surface area contributed by atoms with Crippen LogP contribution in [0.2, 0.25) is 0 Å². The van der Waals surface area contributed by atoms with Gasteiger partial charge in [0.25, 0.3) is 0 Å². The Labute approximate surface area is 103 Å². The molecule has 0 N–H and O–H groups in total. The Balaban J connectivity index is 0.000000686. The molecular formula is C12H19NO3S. The molecule has 1 heterocycles. The minimum Gasteiger partial charge on any atom is -0.379 e. The summed E-state index contributed by atoms with van der Waals surface area (Å²) >= 11 is 0. The highest BCUT2D eigenvalue weighted by atomic mass is 32.2. The lowest BCUT2D eigenvalue weighted by Gasteiger charge is -2.25. The van der Waals surface area contributed by atoms with Crippen LogP contribution in [0.1, 0.15) is 13.8 Å². The summed E-state index contributed by atoms with van der Waals surface area (Å²) in [6.45, 7) is 5.84. The SMILES string of the molecule is CC.O=S(=O)(c1ccccc1)N1CCOCC1. The van der Waals surface area contributed by atoms with Crippen LogP contribution in [0, 0.1) is 0 Å². The maximum absolute atomic E-state index is 12.1. The van der Waals surface area contributed by atoms with Crippen LogP contribution in [-0.4, -0.2) is 39.0 Å². The van der Waals surface area contributed by atoms with E-state index in [1.807, 2.05) is 13.8 Å². The van der Waals surface area contributed by atoms with Gasteiger partial charge in [-0.05, 0) is 12.1 Å². The molecule has 0 bridgehead atoms. The van der Waals surface area contributed by atoms with Gasteiger partial charge in [-0.1, -0.05) is 32.0 Å². The van der Waals surface area contributed by atoms with Crippen molar-refractivity contribution in [3.63, 3.8) is 0 Å². The first-order valence-electron chi connectivity index (χ1n) is 5.84. The van der Waals surface area contributed by atoms with Crippen molar-refractivity contribution in [1.29, 1.82) is 0 Å². The van der Waals surface area contributed by atoms with E-state index in [0.717, 1.165) is 0 Å². The molecule has 5 heteroatoms. The molecule has 1 aliphatic heterocycles. The summed E-state index contributed by atoms with van der Waals surface area (Å²) in [4.78, 5) is 0.354. The van der Waals surface area contributed by atoms with Crippen LogP contribution in [0.3, 0.4) is 0 Å². The van der Waals surface area contributed by atoms with E-state index in [1.165, 1.54) is 4.31 Å². The van der Waals surface area contributed by atoms with Gasteiger partial charge in [-0.3, -0.25) is 0 Å². The molecule has 0 aromatic heterocycles. The molecule has 0 atom stereocenters. The summed E-state index contributed by atoms with van der Waals surface area (Å²) in [7, 11) is -3.31. The van der Waals surface area contributed by atoms with Crippen molar-refractivity contribution in [2.75, 3.05) is 26.3 Å². The Hall–Kier alpha value is -0.910. The van der Waals surface area contributed by atoms with Gasteiger partial charge in [0, 0.05) is 13.1 Å². The minimum absolute atomic E-state index is 0.354. The van der Waals surface area contributed by atoms with Gasteiger partial charge in [-0.15, -0.1) is 0 Å². The second kappa shape index (κ2) is 6.74. The first kappa shape index (κ1) is 14.2. The van der Waals surface area contributed by atoms with Crippen molar-refractivity contribution >= 4 is 10.0 Å². The van der Waals surface area contributed by atoms with Gasteiger partial charge in [0.2, 0.25) is 10.0 Å². The highest BCUT2D eigenvalue weighted by molar-refractivity contribution is 7.89. The second-order valence-electron chi connectivity index (χ2n) is 3.33. The quantitative estimate of drug-likeness (QED) is 0.810. The summed E-state index contributed by atoms with van der Waals surface area (Å²) in [5, 5.41) is 0. The third-order valence-corrected chi connectivity index (χ3v) is 4.26. The zero-order valence-electron chi connectivity index (χ0n) is 10.3. The number of sulfonamides is 1. The number of hydrogen-bond donors (Lipinski definition) is 0. The van der Waals surface area contributed by atoms with Crippen LogP contribution >= 0.6 is 0 Å². The third-order valence-electron chi connectivity index (χ3n) is 2.35. The molecule has 1 aromatic rings. The zero-order chi connectivity index (χ0) is 12.7. The second-order valence-corrected chi connectivity index (χ2v) is 5.27. The lowest BCUT2D eigenvalue weighted by atomic mass is 10.4. The molecule has 1 aliphatic rings. The Morgan fingerprint density at radius 3 is 2.12 bits per heavy atom. The van der Waals surface area contributed by atoms with E-state index in [1.54, 1.807) is 30.3 Å². The molecule has 0 spiro atoms. The fourth-order valence-electron chi connectivity index (χ4n) is 1.53. The van der Waals surface area contributed by atoms with Gasteiger partial charge < -0.3 is 4.74 Å². The zero-order valence-corrected chi connectivity index (χ0v) is 11.1. The molecule has 4 nitrogen and oxygen atoms in total. The normalized spacial score (nSPS) is 17.1. The Morgan fingerprint density at radius 2 is 1.59 bits per heavy atom. The monoisotopic (exact) mass is 257 g/mol. The van der Waals surface area contributed by atoms with Crippen LogP contribution in [0.25, 0.3) is 0 Å². The first-order valence-corrected chi connectivity index (χ1v) is 7.28. The molecule has 0 saturated carbocycles. The largest absolute Gasteiger partial charge is 0.379 e. The average molecular weight is 257 g/mol. The topological polar surface area (TPSA) is 46.6 Å². The summed E-state index contributed by atoms with van der Waals surface area (Å²) in [5.41, 5.74) is 0. The molecule has 2 rings (SSSR count). The summed E-state index contributed by atoms with van der Waals surface area (Å²) in [6.07, 6.45) is 0. The van der Waals surface area contributed by atoms with Crippen LogP contribution in [0.15, 0.2) is 35.2 Å². The molecule has 0 aliphatic carbocycles. The summed E-state index contributed by atoms with van der Waals surface area (Å²) in [6, 6.07) is 8.49. The Kier molecular flexibility index (Phi) is 5.61. The molecule has 0 unspecified atom stereocenters. The average Bonchev–Trinajstić information content (AvgIpc) is 2.43. The van der Waals surface area contributed by atoms with Gasteiger partial charge in [0.05, 0.1) is 18.1 Å². The smallest absolute Gasteiger partial charge is 0.243 e. The summed E-state index contributed by atoms with van der Waals surface area (Å²) < 4.78 is 30.7. The fraction of sp³-hybridized carbons (Fsp3) is 0.500. The van der Waals surface area contributed by atoms with E-state index < -0.39 is 10.0 Å². The van der Waals surface area contributed by atoms with Crippen molar-refractivity contribution < 1.29 is 13.2 Å². The van der Waals surface area contributed by atoms with Crippen LogP contribution < -0.4 is 0 Å². The first-order chi connectivity index (χ1) is 8.21. The molecule has 0 amide bonds. The van der Waals surface area contributed by atoms with Gasteiger partial charge in [0.15, 0.2) is 0 Å². The molecule has 1 fully saturated rings. The van der Waals surface area contributed by atoms with E-state index in [2.05, 4.69) is 0 Å². The van der Waals surface area contributed by atoms with E-state index >= 15 is 0 Å². The Bertz CT molecular complexity index is 411. The van der Waals surface area contributed by atoms with Crippen molar-refractivity contribution in [3.05, 3.63) is 30.3 Å². The molecule has 1 saturated heterocycles. The van der Waals surface area contributed by atoms with Crippen LogP contribution in [-0.2, 0) is 14.8 Å². The van der Waals surface area contributed by atoms with E-state index in [0.29, 0.717) is 31.2 Å². The number of nitrogens with zero attached hydrogens (tertiary/aromatic N) is 1. The maximum atomic E-state index is 12.1. The third kappa shape index (κ3) is 3.52. The fourth-order valence-corrected chi connectivity index (χ4v) is 2.96. The van der Waals surface area contributed by atoms with Gasteiger partial charge >= 0.3 is 0 Å². The predicted molar refractivity (Wildman–Crippen MR) is 67.4 cm³/mol. The minimum atomic E-state index is -3.31. The number of benzene rings is 1. The molecule has 96 valence electrons. The van der Waals surface area contributed by atoms with Crippen molar-refractivity contribution in [2.45, 2.75) is 18.7 Å². The number of morpholine rings is 1. The Morgan fingerprint density at radius 1 is 1.06 bits per heavy atom. The molecule has 0 radical (unpaired) electrons. The van der Waals surface area contributed by atoms with E-state index in [9.17, 15) is 8.42 Å². The van der Waals surface area contributed by atoms with Crippen molar-refractivity contribution in [2.24, 2.45) is 0 Å². The lowest BCUT2D eigenvalue weighted by Crippen LogP contribution is -2.40. The number of ether oxygens (including phenoxy) is 1.